The van der Waals surface area contributed by atoms with Crippen molar-refractivity contribution in [2.24, 2.45) is 5.41 Å². The molecule has 2 N–H and O–H groups in total. The number of rotatable bonds is 6. The van der Waals surface area contributed by atoms with Crippen LogP contribution in [-0.4, -0.2) is 54.0 Å². The molecule has 0 radical (unpaired) electrons. The fraction of sp³-hybridized carbons (Fsp3) is 0.833. The fourth-order valence-corrected chi connectivity index (χ4v) is 2.39. The molecule has 0 aliphatic carbocycles. The first-order valence-corrected chi connectivity index (χ1v) is 6.57. The molecule has 0 aromatic carbocycles. The highest BCUT2D eigenvalue weighted by molar-refractivity contribution is 5.79. The van der Waals surface area contributed by atoms with Crippen molar-refractivity contribution in [1.29, 1.82) is 0 Å². The first kappa shape index (κ1) is 17.5. The number of carboxylic acids is 1. The van der Waals surface area contributed by atoms with E-state index in [-0.39, 0.29) is 19.5 Å². The van der Waals surface area contributed by atoms with E-state index in [1.165, 1.54) is 0 Å². The Labute approximate surface area is 119 Å². The molecule has 9 heteroatoms. The number of alkyl halides is 4. The van der Waals surface area contributed by atoms with Gasteiger partial charge < -0.3 is 15.3 Å². The van der Waals surface area contributed by atoms with E-state index in [1.54, 1.807) is 12.2 Å². The Morgan fingerprint density at radius 3 is 2.52 bits per heavy atom. The molecule has 1 saturated heterocycles. The third kappa shape index (κ3) is 3.98. The first-order chi connectivity index (χ1) is 9.64. The molecule has 1 rings (SSSR count). The maximum atomic E-state index is 12.7. The molecular weight excluding hydrogens is 296 g/mol. The number of carbonyl (C=O) groups is 2. The smallest absolute Gasteiger partial charge is 0.324 e. The molecule has 5 nitrogen and oxygen atoms in total. The third-order valence-electron chi connectivity index (χ3n) is 3.62. The molecule has 1 heterocycles. The Morgan fingerprint density at radius 1 is 1.43 bits per heavy atom. The van der Waals surface area contributed by atoms with Gasteiger partial charge in [0.05, 0.1) is 12.0 Å². The number of aliphatic carboxylic acids is 1. The van der Waals surface area contributed by atoms with Gasteiger partial charge >= 0.3 is 24.3 Å². The van der Waals surface area contributed by atoms with Crippen molar-refractivity contribution in [2.45, 2.75) is 38.5 Å². The van der Waals surface area contributed by atoms with E-state index in [4.69, 9.17) is 0 Å². The number of likely N-dealkylation sites (tertiary alicyclic amines) is 1. The summed E-state index contributed by atoms with van der Waals surface area (Å²) < 4.78 is 49.4. The van der Waals surface area contributed by atoms with E-state index in [2.05, 4.69) is 0 Å². The van der Waals surface area contributed by atoms with Crippen LogP contribution in [0.25, 0.3) is 0 Å². The Hall–Kier alpha value is -1.54. The molecule has 2 amide bonds. The normalized spacial score (nSPS) is 22.7. The summed E-state index contributed by atoms with van der Waals surface area (Å²) in [5.74, 6) is -5.35. The molecule has 122 valence electrons. The molecule has 1 atom stereocenters. The number of hydrogen-bond donors (Lipinski definition) is 2. The van der Waals surface area contributed by atoms with Crippen LogP contribution in [0.1, 0.15) is 26.2 Å². The minimum Gasteiger partial charge on any atom is -0.481 e. The van der Waals surface area contributed by atoms with Crippen molar-refractivity contribution in [3.05, 3.63) is 0 Å². The zero-order valence-electron chi connectivity index (χ0n) is 11.5. The lowest BCUT2D eigenvalue weighted by molar-refractivity contribution is -0.148. The maximum Gasteiger partial charge on any atom is 0.324 e. The average molecular weight is 314 g/mol. The zero-order chi connectivity index (χ0) is 16.3. The molecule has 1 aliphatic heterocycles. The summed E-state index contributed by atoms with van der Waals surface area (Å²) in [4.78, 5) is 24.1. The van der Waals surface area contributed by atoms with E-state index in [0.29, 0.717) is 12.8 Å². The number of hydrogen-bond acceptors (Lipinski definition) is 2. The van der Waals surface area contributed by atoms with Gasteiger partial charge in [0.1, 0.15) is 0 Å². The van der Waals surface area contributed by atoms with Crippen LogP contribution in [0.15, 0.2) is 0 Å². The Kier molecular flexibility index (Phi) is 5.41. The summed E-state index contributed by atoms with van der Waals surface area (Å²) in [7, 11) is 0. The van der Waals surface area contributed by atoms with Crippen LogP contribution in [0, 0.1) is 5.41 Å². The van der Waals surface area contributed by atoms with Crippen molar-refractivity contribution < 1.29 is 32.3 Å². The van der Waals surface area contributed by atoms with Crippen LogP contribution in [0.5, 0.6) is 0 Å². The summed E-state index contributed by atoms with van der Waals surface area (Å²) in [5, 5.41) is 11.0. The van der Waals surface area contributed by atoms with Crippen LogP contribution in [0.3, 0.4) is 0 Å². The van der Waals surface area contributed by atoms with Gasteiger partial charge in [-0.05, 0) is 12.8 Å². The summed E-state index contributed by atoms with van der Waals surface area (Å²) in [6.45, 7) is 0.311. The number of nitrogens with one attached hydrogen (secondary N) is 1. The fourth-order valence-electron chi connectivity index (χ4n) is 2.39. The van der Waals surface area contributed by atoms with Crippen LogP contribution >= 0.6 is 0 Å². The number of carboxylic acid groups (broad SMARTS) is 1. The topological polar surface area (TPSA) is 69.6 Å². The van der Waals surface area contributed by atoms with Crippen LogP contribution in [0.2, 0.25) is 0 Å². The molecule has 21 heavy (non-hydrogen) atoms. The standard InChI is InChI=1S/C12H18F4N2O3/c1-2-3-11(9(19)20)4-5-18(7-11)10(21)17-6-12(15,16)8(13)14/h8H,2-7H2,1H3,(H,17,21)(H,19,20). The Morgan fingerprint density at radius 2 is 2.05 bits per heavy atom. The lowest BCUT2D eigenvalue weighted by Crippen LogP contribution is -2.47. The lowest BCUT2D eigenvalue weighted by atomic mass is 9.83. The highest BCUT2D eigenvalue weighted by Crippen LogP contribution is 2.35. The van der Waals surface area contributed by atoms with E-state index in [9.17, 15) is 32.3 Å². The van der Waals surface area contributed by atoms with Gasteiger partial charge in [-0.3, -0.25) is 4.79 Å². The van der Waals surface area contributed by atoms with Gasteiger partial charge in [0.25, 0.3) is 0 Å². The minimum absolute atomic E-state index is 0.0956. The van der Waals surface area contributed by atoms with Crippen molar-refractivity contribution in [3.63, 3.8) is 0 Å². The van der Waals surface area contributed by atoms with Gasteiger partial charge in [0, 0.05) is 13.1 Å². The van der Waals surface area contributed by atoms with Crippen LogP contribution in [0.4, 0.5) is 22.4 Å². The quantitative estimate of drug-likeness (QED) is 0.738. The van der Waals surface area contributed by atoms with Gasteiger partial charge in [-0.15, -0.1) is 0 Å². The second-order valence-electron chi connectivity index (χ2n) is 5.23. The minimum atomic E-state index is -4.30. The molecule has 0 aromatic rings. The molecule has 0 saturated carbocycles. The van der Waals surface area contributed by atoms with Gasteiger partial charge in [-0.1, -0.05) is 13.3 Å². The monoisotopic (exact) mass is 314 g/mol. The number of nitrogens with zero attached hydrogens (tertiary/aromatic N) is 1. The second-order valence-corrected chi connectivity index (χ2v) is 5.23. The van der Waals surface area contributed by atoms with Gasteiger partial charge in [-0.25, -0.2) is 13.6 Å². The second kappa shape index (κ2) is 6.48. The van der Waals surface area contributed by atoms with Crippen LogP contribution < -0.4 is 5.32 Å². The number of halogens is 4. The largest absolute Gasteiger partial charge is 0.481 e. The predicted octanol–water partition coefficient (Wildman–Crippen LogP) is 2.17. The van der Waals surface area contributed by atoms with Crippen molar-refractivity contribution in [2.75, 3.05) is 19.6 Å². The summed E-state index contributed by atoms with van der Waals surface area (Å²) in [5.41, 5.74) is -1.09. The third-order valence-corrected chi connectivity index (χ3v) is 3.62. The van der Waals surface area contributed by atoms with E-state index in [0.717, 1.165) is 4.90 Å². The van der Waals surface area contributed by atoms with Crippen molar-refractivity contribution in [3.8, 4) is 0 Å². The first-order valence-electron chi connectivity index (χ1n) is 6.57. The molecule has 1 fully saturated rings. The van der Waals surface area contributed by atoms with Crippen molar-refractivity contribution >= 4 is 12.0 Å². The molecule has 1 unspecified atom stereocenters. The van der Waals surface area contributed by atoms with E-state index < -0.39 is 36.3 Å². The Bertz CT molecular complexity index is 406. The van der Waals surface area contributed by atoms with Crippen molar-refractivity contribution in [1.82, 2.24) is 10.2 Å². The summed E-state index contributed by atoms with van der Waals surface area (Å²) >= 11 is 0. The highest BCUT2D eigenvalue weighted by Gasteiger charge is 2.46. The molecule has 1 aliphatic rings. The molecule has 0 aromatic heterocycles. The predicted molar refractivity (Wildman–Crippen MR) is 65.5 cm³/mol. The molecule has 0 bridgehead atoms. The Balaban J connectivity index is 2.60. The summed E-state index contributed by atoms with van der Waals surface area (Å²) in [6.07, 6.45) is -2.69. The maximum absolute atomic E-state index is 12.7. The number of urea groups is 1. The van der Waals surface area contributed by atoms with Gasteiger partial charge in [0.15, 0.2) is 0 Å². The van der Waals surface area contributed by atoms with Gasteiger partial charge in [-0.2, -0.15) is 8.78 Å². The summed E-state index contributed by atoms with van der Waals surface area (Å²) in [6, 6.07) is -0.949. The van der Waals surface area contributed by atoms with E-state index >= 15 is 0 Å². The molecule has 0 spiro atoms. The SMILES string of the molecule is CCCC1(C(=O)O)CCN(C(=O)NCC(F)(F)C(F)F)C1. The highest BCUT2D eigenvalue weighted by atomic mass is 19.3. The lowest BCUT2D eigenvalue weighted by Gasteiger charge is -2.25. The zero-order valence-corrected chi connectivity index (χ0v) is 11.5. The number of carbonyl (C=O) groups excluding carboxylic acids is 1. The molecular formula is C12H18F4N2O3. The van der Waals surface area contributed by atoms with Crippen LogP contribution in [-0.2, 0) is 4.79 Å². The number of amides is 2. The van der Waals surface area contributed by atoms with E-state index in [1.807, 2.05) is 0 Å². The van der Waals surface area contributed by atoms with Gasteiger partial charge in [0.2, 0.25) is 0 Å². The average Bonchev–Trinajstić information content (AvgIpc) is 2.82.